The van der Waals surface area contributed by atoms with Crippen LogP contribution < -0.4 is 5.32 Å². The van der Waals surface area contributed by atoms with Crippen molar-refractivity contribution >= 4 is 27.3 Å². The fourth-order valence-electron chi connectivity index (χ4n) is 1.39. The summed E-state index contributed by atoms with van der Waals surface area (Å²) in [7, 11) is 0. The van der Waals surface area contributed by atoms with E-state index in [-0.39, 0.29) is 0 Å². The van der Waals surface area contributed by atoms with Crippen LogP contribution in [0.2, 0.25) is 0 Å². The minimum absolute atomic E-state index is 0.925. The summed E-state index contributed by atoms with van der Waals surface area (Å²) in [5.41, 5.74) is 0. The molecular weight excluding hydrogens is 288 g/mol. The number of aryl methyl sites for hydroxylation is 1. The largest absolute Gasteiger partial charge is 0.312 e. The molecule has 2 rings (SSSR count). The van der Waals surface area contributed by atoms with Crippen molar-refractivity contribution in [1.82, 2.24) is 20.5 Å². The first-order chi connectivity index (χ1) is 7.86. The SMILES string of the molecule is Brc1ccsc1CNCCCc1ncn[nH]1. The Morgan fingerprint density at radius 3 is 3.12 bits per heavy atom. The summed E-state index contributed by atoms with van der Waals surface area (Å²) in [6.45, 7) is 1.92. The smallest absolute Gasteiger partial charge is 0.137 e. The van der Waals surface area contributed by atoms with E-state index in [0.29, 0.717) is 0 Å². The standard InChI is InChI=1S/C10H13BrN4S/c11-8-3-5-16-9(8)6-12-4-1-2-10-13-7-14-15-10/h3,5,7,12H,1-2,4,6H2,(H,13,14,15). The lowest BCUT2D eigenvalue weighted by Crippen LogP contribution is -2.15. The third kappa shape index (κ3) is 3.40. The first kappa shape index (κ1) is 11.8. The van der Waals surface area contributed by atoms with Gasteiger partial charge in [-0.1, -0.05) is 0 Å². The molecule has 86 valence electrons. The molecule has 0 atom stereocenters. The lowest BCUT2D eigenvalue weighted by atomic mass is 10.3. The Labute approximate surface area is 107 Å². The molecule has 2 aromatic heterocycles. The van der Waals surface area contributed by atoms with Crippen molar-refractivity contribution in [3.8, 4) is 0 Å². The molecule has 0 saturated carbocycles. The van der Waals surface area contributed by atoms with E-state index in [0.717, 1.165) is 31.8 Å². The average Bonchev–Trinajstić information content (AvgIpc) is 2.90. The summed E-state index contributed by atoms with van der Waals surface area (Å²) in [5, 5.41) is 12.2. The predicted molar refractivity (Wildman–Crippen MR) is 68.4 cm³/mol. The Balaban J connectivity index is 1.61. The Kier molecular flexibility index (Phi) is 4.50. The molecule has 0 unspecified atom stereocenters. The van der Waals surface area contributed by atoms with E-state index in [1.165, 1.54) is 9.35 Å². The highest BCUT2D eigenvalue weighted by Gasteiger charge is 2.00. The van der Waals surface area contributed by atoms with Crippen molar-refractivity contribution in [2.75, 3.05) is 6.54 Å². The number of nitrogens with zero attached hydrogens (tertiary/aromatic N) is 2. The topological polar surface area (TPSA) is 53.6 Å². The molecule has 0 bridgehead atoms. The van der Waals surface area contributed by atoms with Crippen LogP contribution in [-0.2, 0) is 13.0 Å². The normalized spacial score (nSPS) is 10.8. The molecular formula is C10H13BrN4S. The number of aromatic amines is 1. The molecule has 0 spiro atoms. The Morgan fingerprint density at radius 1 is 1.50 bits per heavy atom. The van der Waals surface area contributed by atoms with Gasteiger partial charge in [-0.05, 0) is 40.3 Å². The second-order valence-electron chi connectivity index (χ2n) is 3.40. The van der Waals surface area contributed by atoms with Gasteiger partial charge in [-0.2, -0.15) is 5.10 Å². The van der Waals surface area contributed by atoms with E-state index in [1.807, 2.05) is 0 Å². The van der Waals surface area contributed by atoms with Gasteiger partial charge in [0, 0.05) is 22.3 Å². The number of halogens is 1. The first-order valence-corrected chi connectivity index (χ1v) is 6.80. The van der Waals surface area contributed by atoms with Crippen LogP contribution in [0.4, 0.5) is 0 Å². The summed E-state index contributed by atoms with van der Waals surface area (Å²) in [5.74, 6) is 0.958. The number of aromatic nitrogens is 3. The zero-order chi connectivity index (χ0) is 11.2. The van der Waals surface area contributed by atoms with E-state index in [9.17, 15) is 0 Å². The minimum atomic E-state index is 0.925. The number of nitrogens with one attached hydrogen (secondary N) is 2. The van der Waals surface area contributed by atoms with Gasteiger partial charge in [0.25, 0.3) is 0 Å². The van der Waals surface area contributed by atoms with E-state index < -0.39 is 0 Å². The maximum absolute atomic E-state index is 4.08. The fraction of sp³-hybridized carbons (Fsp3) is 0.400. The van der Waals surface area contributed by atoms with Crippen LogP contribution in [0.15, 0.2) is 22.2 Å². The second-order valence-corrected chi connectivity index (χ2v) is 5.26. The van der Waals surface area contributed by atoms with Gasteiger partial charge < -0.3 is 5.32 Å². The van der Waals surface area contributed by atoms with Crippen molar-refractivity contribution in [3.63, 3.8) is 0 Å². The van der Waals surface area contributed by atoms with E-state index in [2.05, 4.69) is 47.9 Å². The predicted octanol–water partition coefficient (Wildman–Crippen LogP) is 2.35. The highest BCUT2D eigenvalue weighted by atomic mass is 79.9. The van der Waals surface area contributed by atoms with Gasteiger partial charge in [0.15, 0.2) is 0 Å². The average molecular weight is 301 g/mol. The van der Waals surface area contributed by atoms with Crippen LogP contribution in [0.3, 0.4) is 0 Å². The fourth-order valence-corrected chi connectivity index (χ4v) is 2.85. The van der Waals surface area contributed by atoms with Crippen molar-refractivity contribution < 1.29 is 0 Å². The maximum Gasteiger partial charge on any atom is 0.137 e. The molecule has 0 aliphatic carbocycles. The van der Waals surface area contributed by atoms with Crippen LogP contribution >= 0.6 is 27.3 Å². The molecule has 0 aromatic carbocycles. The second kappa shape index (κ2) is 6.12. The van der Waals surface area contributed by atoms with Crippen molar-refractivity contribution in [2.45, 2.75) is 19.4 Å². The number of hydrogen-bond donors (Lipinski definition) is 2. The number of rotatable bonds is 6. The monoisotopic (exact) mass is 300 g/mol. The van der Waals surface area contributed by atoms with Gasteiger partial charge in [0.1, 0.15) is 12.2 Å². The summed E-state index contributed by atoms with van der Waals surface area (Å²) in [4.78, 5) is 5.42. The molecule has 0 aliphatic heterocycles. The Bertz CT molecular complexity index is 412. The lowest BCUT2D eigenvalue weighted by Gasteiger charge is -2.02. The zero-order valence-electron chi connectivity index (χ0n) is 8.74. The molecule has 0 radical (unpaired) electrons. The molecule has 2 aromatic rings. The number of H-pyrrole nitrogens is 1. The van der Waals surface area contributed by atoms with E-state index in [1.54, 1.807) is 17.7 Å². The third-order valence-corrected chi connectivity index (χ3v) is 4.13. The van der Waals surface area contributed by atoms with Crippen molar-refractivity contribution in [3.05, 3.63) is 32.9 Å². The van der Waals surface area contributed by atoms with Crippen LogP contribution in [0.5, 0.6) is 0 Å². The molecule has 0 aliphatic rings. The molecule has 2 N–H and O–H groups in total. The number of thiophene rings is 1. The van der Waals surface area contributed by atoms with Gasteiger partial charge >= 0.3 is 0 Å². The summed E-state index contributed by atoms with van der Waals surface area (Å²) in [6, 6.07) is 2.08. The summed E-state index contributed by atoms with van der Waals surface area (Å²) < 4.78 is 1.19. The van der Waals surface area contributed by atoms with E-state index >= 15 is 0 Å². The Hall–Kier alpha value is -0.720. The van der Waals surface area contributed by atoms with Gasteiger partial charge in [-0.25, -0.2) is 4.98 Å². The van der Waals surface area contributed by atoms with Gasteiger partial charge in [-0.15, -0.1) is 11.3 Å². The number of hydrogen-bond acceptors (Lipinski definition) is 4. The zero-order valence-corrected chi connectivity index (χ0v) is 11.1. The van der Waals surface area contributed by atoms with Gasteiger partial charge in [0.05, 0.1) is 0 Å². The molecule has 0 saturated heterocycles. The molecule has 4 nitrogen and oxygen atoms in total. The molecule has 2 heterocycles. The van der Waals surface area contributed by atoms with Crippen molar-refractivity contribution in [2.24, 2.45) is 0 Å². The van der Waals surface area contributed by atoms with Crippen molar-refractivity contribution in [1.29, 1.82) is 0 Å². The van der Waals surface area contributed by atoms with Gasteiger partial charge in [0.2, 0.25) is 0 Å². The van der Waals surface area contributed by atoms with Crippen LogP contribution in [0.1, 0.15) is 17.1 Å². The third-order valence-electron chi connectivity index (χ3n) is 2.21. The van der Waals surface area contributed by atoms with E-state index in [4.69, 9.17) is 0 Å². The van der Waals surface area contributed by atoms with Gasteiger partial charge in [-0.3, -0.25) is 5.10 Å². The van der Waals surface area contributed by atoms with Crippen LogP contribution in [-0.4, -0.2) is 21.7 Å². The van der Waals surface area contributed by atoms with Crippen LogP contribution in [0, 0.1) is 0 Å². The first-order valence-electron chi connectivity index (χ1n) is 5.13. The summed E-state index contributed by atoms with van der Waals surface area (Å²) in [6.07, 6.45) is 3.56. The molecule has 16 heavy (non-hydrogen) atoms. The maximum atomic E-state index is 4.08. The highest BCUT2D eigenvalue weighted by Crippen LogP contribution is 2.21. The summed E-state index contributed by atoms with van der Waals surface area (Å²) >= 11 is 5.28. The quantitative estimate of drug-likeness (QED) is 0.805. The van der Waals surface area contributed by atoms with Crippen LogP contribution in [0.25, 0.3) is 0 Å². The highest BCUT2D eigenvalue weighted by molar-refractivity contribution is 9.10. The minimum Gasteiger partial charge on any atom is -0.312 e. The lowest BCUT2D eigenvalue weighted by molar-refractivity contribution is 0.643. The molecule has 6 heteroatoms. The molecule has 0 amide bonds. The Morgan fingerprint density at radius 2 is 2.44 bits per heavy atom. The molecule has 0 fully saturated rings.